The minimum absolute atomic E-state index is 0.245. The van der Waals surface area contributed by atoms with Crippen LogP contribution in [0.3, 0.4) is 0 Å². The second-order valence-electron chi connectivity index (χ2n) is 8.92. The number of nitrogens with one attached hydrogen (secondary N) is 1. The lowest BCUT2D eigenvalue weighted by Crippen LogP contribution is -2.32. The highest BCUT2D eigenvalue weighted by Gasteiger charge is 2.62. The van der Waals surface area contributed by atoms with E-state index in [0.717, 1.165) is 57.2 Å². The second kappa shape index (κ2) is 6.35. The van der Waals surface area contributed by atoms with Crippen molar-refractivity contribution in [2.45, 2.75) is 46.5 Å². The van der Waals surface area contributed by atoms with Crippen molar-refractivity contribution < 1.29 is 4.79 Å². The molecule has 2 aliphatic carbocycles. The Bertz CT molecular complexity index is 671. The van der Waals surface area contributed by atoms with Gasteiger partial charge in [0.25, 0.3) is 0 Å². The van der Waals surface area contributed by atoms with Gasteiger partial charge in [-0.3, -0.25) is 4.79 Å². The molecule has 2 unspecified atom stereocenters. The van der Waals surface area contributed by atoms with Gasteiger partial charge in [-0.2, -0.15) is 15.0 Å². The van der Waals surface area contributed by atoms with Crippen LogP contribution in [0.4, 0.5) is 11.9 Å². The monoisotopic (exact) mass is 358 g/mol. The minimum Gasteiger partial charge on any atom is -0.368 e. The summed E-state index contributed by atoms with van der Waals surface area (Å²) >= 11 is 0. The van der Waals surface area contributed by atoms with E-state index in [9.17, 15) is 4.79 Å². The topological polar surface area (TPSA) is 97.0 Å². The lowest BCUT2D eigenvalue weighted by Gasteiger charge is -2.18. The van der Waals surface area contributed by atoms with Crippen molar-refractivity contribution in [3.8, 4) is 0 Å². The van der Waals surface area contributed by atoms with E-state index < -0.39 is 0 Å². The Labute approximate surface area is 155 Å². The molecule has 7 heteroatoms. The molecule has 4 rings (SSSR count). The fraction of sp³-hybridized carbons (Fsp3) is 0.789. The number of aromatic nitrogens is 3. The molecule has 1 aromatic heterocycles. The molecular weight excluding hydrogens is 328 g/mol. The van der Waals surface area contributed by atoms with Crippen LogP contribution in [-0.2, 0) is 4.79 Å². The lowest BCUT2D eigenvalue weighted by molar-refractivity contribution is -0.125. The van der Waals surface area contributed by atoms with Gasteiger partial charge in [-0.1, -0.05) is 13.8 Å². The molecule has 1 aromatic rings. The maximum Gasteiger partial charge on any atom is 0.230 e. The first kappa shape index (κ1) is 17.5. The molecule has 4 atom stereocenters. The highest BCUT2D eigenvalue weighted by Crippen LogP contribution is 2.68. The fourth-order valence-electron chi connectivity index (χ4n) is 5.14. The predicted octanol–water partition coefficient (Wildman–Crippen LogP) is 1.78. The molecule has 1 saturated heterocycles. The first-order valence-corrected chi connectivity index (χ1v) is 9.85. The van der Waals surface area contributed by atoms with Crippen LogP contribution >= 0.6 is 0 Å². The number of carbonyl (C=O) groups excluding carboxylic acids is 1. The van der Waals surface area contributed by atoms with Gasteiger partial charge in [0.1, 0.15) is 5.82 Å². The summed E-state index contributed by atoms with van der Waals surface area (Å²) in [4.78, 5) is 27.2. The van der Waals surface area contributed by atoms with Crippen molar-refractivity contribution in [1.29, 1.82) is 0 Å². The van der Waals surface area contributed by atoms with Crippen LogP contribution in [0.1, 0.15) is 45.4 Å². The molecule has 0 radical (unpaired) electrons. The van der Waals surface area contributed by atoms with Crippen molar-refractivity contribution in [1.82, 2.24) is 20.3 Å². The molecule has 0 spiro atoms. The maximum absolute atomic E-state index is 12.4. The Hall–Kier alpha value is -1.92. The summed E-state index contributed by atoms with van der Waals surface area (Å²) in [5.41, 5.74) is 6.22. The smallest absolute Gasteiger partial charge is 0.230 e. The van der Waals surface area contributed by atoms with Crippen LogP contribution < -0.4 is 16.0 Å². The molecule has 0 aromatic carbocycles. The molecule has 1 aliphatic heterocycles. The highest BCUT2D eigenvalue weighted by molar-refractivity contribution is 5.79. The maximum atomic E-state index is 12.4. The zero-order chi connectivity index (χ0) is 18.5. The first-order valence-electron chi connectivity index (χ1n) is 9.85. The Morgan fingerprint density at radius 1 is 1.27 bits per heavy atom. The van der Waals surface area contributed by atoms with Gasteiger partial charge in [0, 0.05) is 25.6 Å². The summed E-state index contributed by atoms with van der Waals surface area (Å²) in [7, 11) is 0. The third kappa shape index (κ3) is 3.23. The molecule has 2 heterocycles. The molecule has 0 bridgehead atoms. The number of amides is 1. The molecule has 2 saturated carbocycles. The largest absolute Gasteiger partial charge is 0.368 e. The number of nitrogens with zero attached hydrogens (tertiary/aromatic N) is 4. The summed E-state index contributed by atoms with van der Waals surface area (Å²) < 4.78 is 0. The number of nitrogens with two attached hydrogens (primary N) is 1. The summed E-state index contributed by atoms with van der Waals surface area (Å²) in [5.74, 6) is 4.23. The van der Waals surface area contributed by atoms with Crippen molar-refractivity contribution in [2.75, 3.05) is 30.3 Å². The van der Waals surface area contributed by atoms with Gasteiger partial charge in [0.15, 0.2) is 0 Å². The third-order valence-electron chi connectivity index (χ3n) is 6.91. The van der Waals surface area contributed by atoms with Crippen LogP contribution in [0.2, 0.25) is 0 Å². The number of fused-ring (bicyclic) bond motifs is 1. The average molecular weight is 358 g/mol. The van der Waals surface area contributed by atoms with Crippen LogP contribution in [0.25, 0.3) is 0 Å². The lowest BCUT2D eigenvalue weighted by atomic mass is 9.92. The van der Waals surface area contributed by atoms with Gasteiger partial charge < -0.3 is 16.0 Å². The van der Waals surface area contributed by atoms with Crippen molar-refractivity contribution >= 4 is 17.8 Å². The van der Waals surface area contributed by atoms with Crippen molar-refractivity contribution in [3.05, 3.63) is 5.82 Å². The molecule has 3 N–H and O–H groups in total. The number of hydrogen-bond donors (Lipinski definition) is 2. The van der Waals surface area contributed by atoms with Crippen LogP contribution in [0.15, 0.2) is 0 Å². The zero-order valence-electron chi connectivity index (χ0n) is 16.0. The van der Waals surface area contributed by atoms with E-state index in [1.54, 1.807) is 0 Å². The molecule has 142 valence electrons. The van der Waals surface area contributed by atoms with E-state index in [1.165, 1.54) is 0 Å². The van der Waals surface area contributed by atoms with Gasteiger partial charge in [-0.15, -0.1) is 0 Å². The standard InChI is InChI=1S/C19H30N6O/c1-11-22-17(20)24-18(23-11)25-7-5-12(10-25)4-6-21-16(26)13-8-14-15(9-13)19(14,2)3/h12-15H,4-10H2,1-3H3,(H,21,26)(H2,20,22,23,24)/t12?,13?,14-,15+. The molecule has 26 heavy (non-hydrogen) atoms. The van der Waals surface area contributed by atoms with Crippen LogP contribution in [-0.4, -0.2) is 40.5 Å². The summed E-state index contributed by atoms with van der Waals surface area (Å²) in [5, 5.41) is 3.17. The Morgan fingerprint density at radius 2 is 2.00 bits per heavy atom. The van der Waals surface area contributed by atoms with E-state index in [0.29, 0.717) is 23.1 Å². The number of rotatable bonds is 5. The molecule has 1 amide bonds. The van der Waals surface area contributed by atoms with E-state index in [1.807, 2.05) is 6.92 Å². The van der Waals surface area contributed by atoms with Crippen molar-refractivity contribution in [3.63, 3.8) is 0 Å². The van der Waals surface area contributed by atoms with E-state index in [-0.39, 0.29) is 17.8 Å². The Morgan fingerprint density at radius 3 is 2.69 bits per heavy atom. The summed E-state index contributed by atoms with van der Waals surface area (Å²) in [6.45, 7) is 9.13. The molecule has 3 fully saturated rings. The third-order valence-corrected chi connectivity index (χ3v) is 6.91. The first-order chi connectivity index (χ1) is 12.3. The van der Waals surface area contributed by atoms with Crippen LogP contribution in [0.5, 0.6) is 0 Å². The number of hydrogen-bond acceptors (Lipinski definition) is 6. The van der Waals surface area contributed by atoms with Gasteiger partial charge in [0.2, 0.25) is 17.8 Å². The fourth-order valence-corrected chi connectivity index (χ4v) is 5.14. The van der Waals surface area contributed by atoms with E-state index >= 15 is 0 Å². The zero-order valence-corrected chi connectivity index (χ0v) is 16.0. The summed E-state index contributed by atoms with van der Waals surface area (Å²) in [6.07, 6.45) is 4.27. The average Bonchev–Trinajstić information content (AvgIpc) is 3.03. The number of anilines is 2. The summed E-state index contributed by atoms with van der Waals surface area (Å²) in [6, 6.07) is 0. The van der Waals surface area contributed by atoms with Gasteiger partial charge in [-0.05, 0) is 55.8 Å². The van der Waals surface area contributed by atoms with Crippen LogP contribution in [0, 0.1) is 36.0 Å². The van der Waals surface area contributed by atoms with Crippen molar-refractivity contribution in [2.24, 2.45) is 29.1 Å². The Balaban J connectivity index is 1.20. The van der Waals surface area contributed by atoms with E-state index in [4.69, 9.17) is 5.73 Å². The quantitative estimate of drug-likeness (QED) is 0.833. The number of aryl methyl sites for hydroxylation is 1. The van der Waals surface area contributed by atoms with Gasteiger partial charge in [-0.25, -0.2) is 0 Å². The normalized spacial score (nSPS) is 31.7. The minimum atomic E-state index is 0.245. The number of nitrogen functional groups attached to an aromatic ring is 1. The Kier molecular flexibility index (Phi) is 4.28. The predicted molar refractivity (Wildman–Crippen MR) is 100 cm³/mol. The highest BCUT2D eigenvalue weighted by atomic mass is 16.1. The van der Waals surface area contributed by atoms with Gasteiger partial charge >= 0.3 is 0 Å². The molecular formula is C19H30N6O. The van der Waals surface area contributed by atoms with E-state index in [2.05, 4.69) is 39.0 Å². The van der Waals surface area contributed by atoms with Gasteiger partial charge in [0.05, 0.1) is 0 Å². The second-order valence-corrected chi connectivity index (χ2v) is 8.92. The molecule has 3 aliphatic rings. The SMILES string of the molecule is Cc1nc(N)nc(N2CCC(CCNC(=O)C3C[C@@H]4[C@H](C3)C4(C)C)C2)n1. The number of carbonyl (C=O) groups is 1. The molecule has 7 nitrogen and oxygen atoms in total.